The molecule has 162 valence electrons. The SMILES string of the molecule is CCOc1cccc2sc(N(CCCN(C)C)C(=O)c3cc(C)ccc3C)nc12.Cl. The summed E-state index contributed by atoms with van der Waals surface area (Å²) in [6.45, 7) is 8.07. The van der Waals surface area contributed by atoms with Crippen molar-refractivity contribution in [3.05, 3.63) is 53.1 Å². The Kier molecular flexibility index (Phi) is 8.65. The summed E-state index contributed by atoms with van der Waals surface area (Å²) in [7, 11) is 4.09. The Hall–Kier alpha value is -2.15. The number of halogens is 1. The number of amides is 1. The van der Waals surface area contributed by atoms with Crippen molar-refractivity contribution in [2.24, 2.45) is 0 Å². The van der Waals surface area contributed by atoms with Gasteiger partial charge in [0, 0.05) is 12.1 Å². The molecule has 7 heteroatoms. The van der Waals surface area contributed by atoms with Gasteiger partial charge < -0.3 is 9.64 Å². The normalized spacial score (nSPS) is 10.9. The van der Waals surface area contributed by atoms with Crippen LogP contribution in [0.5, 0.6) is 5.75 Å². The first-order valence-corrected chi connectivity index (χ1v) is 10.8. The molecule has 5 nitrogen and oxygen atoms in total. The van der Waals surface area contributed by atoms with Crippen molar-refractivity contribution in [3.63, 3.8) is 0 Å². The van der Waals surface area contributed by atoms with Gasteiger partial charge in [-0.15, -0.1) is 12.4 Å². The van der Waals surface area contributed by atoms with E-state index in [1.807, 2.05) is 76.2 Å². The number of rotatable bonds is 8. The Morgan fingerprint density at radius 3 is 2.60 bits per heavy atom. The van der Waals surface area contributed by atoms with Gasteiger partial charge in [0.25, 0.3) is 5.91 Å². The average molecular weight is 448 g/mol. The third kappa shape index (κ3) is 5.50. The monoisotopic (exact) mass is 447 g/mol. The Balaban J connectivity index is 0.00000320. The quantitative estimate of drug-likeness (QED) is 0.468. The van der Waals surface area contributed by atoms with E-state index in [0.29, 0.717) is 13.2 Å². The Morgan fingerprint density at radius 2 is 1.90 bits per heavy atom. The fourth-order valence-corrected chi connectivity index (χ4v) is 4.25. The van der Waals surface area contributed by atoms with E-state index in [9.17, 15) is 4.79 Å². The van der Waals surface area contributed by atoms with Gasteiger partial charge in [-0.05, 0) is 71.6 Å². The van der Waals surface area contributed by atoms with Crippen LogP contribution < -0.4 is 9.64 Å². The minimum Gasteiger partial charge on any atom is -0.492 e. The Bertz CT molecular complexity index is 1000. The molecule has 0 saturated heterocycles. The maximum absolute atomic E-state index is 13.5. The summed E-state index contributed by atoms with van der Waals surface area (Å²) in [6, 6.07) is 11.9. The van der Waals surface area contributed by atoms with Crippen LogP contribution in [0.25, 0.3) is 10.2 Å². The van der Waals surface area contributed by atoms with Gasteiger partial charge in [0.2, 0.25) is 0 Å². The lowest BCUT2D eigenvalue weighted by molar-refractivity contribution is 0.0985. The maximum atomic E-state index is 13.5. The number of thiazole rings is 1. The summed E-state index contributed by atoms with van der Waals surface area (Å²) in [4.78, 5) is 22.3. The third-order valence-electron chi connectivity index (χ3n) is 4.76. The number of fused-ring (bicyclic) bond motifs is 1. The number of hydrogen-bond acceptors (Lipinski definition) is 5. The van der Waals surface area contributed by atoms with Crippen molar-refractivity contribution in [1.82, 2.24) is 9.88 Å². The van der Waals surface area contributed by atoms with E-state index in [1.165, 1.54) is 11.3 Å². The highest BCUT2D eigenvalue weighted by Gasteiger charge is 2.23. The minimum atomic E-state index is 0. The number of benzene rings is 2. The van der Waals surface area contributed by atoms with Crippen molar-refractivity contribution >= 4 is 45.0 Å². The molecular weight excluding hydrogens is 418 g/mol. The van der Waals surface area contributed by atoms with Crippen LogP contribution in [0.4, 0.5) is 5.13 Å². The molecule has 2 aromatic carbocycles. The molecule has 0 aliphatic heterocycles. The zero-order valence-electron chi connectivity index (χ0n) is 18.3. The lowest BCUT2D eigenvalue weighted by atomic mass is 10.0. The second-order valence-electron chi connectivity index (χ2n) is 7.46. The first-order chi connectivity index (χ1) is 13.9. The van der Waals surface area contributed by atoms with Gasteiger partial charge in [-0.3, -0.25) is 9.69 Å². The standard InChI is InChI=1S/C23H29N3O2S.ClH/c1-6-28-19-9-7-10-20-21(19)24-23(29-20)26(14-8-13-25(4)5)22(27)18-15-16(2)11-12-17(18)3;/h7,9-12,15H,6,8,13-14H2,1-5H3;1H. The molecule has 1 heterocycles. The first-order valence-electron chi connectivity index (χ1n) is 9.97. The molecule has 0 unspecified atom stereocenters. The average Bonchev–Trinajstić information content (AvgIpc) is 3.11. The van der Waals surface area contributed by atoms with Crippen LogP contribution in [0.2, 0.25) is 0 Å². The molecule has 3 aromatic rings. The highest BCUT2D eigenvalue weighted by Crippen LogP contribution is 2.35. The molecule has 0 aliphatic rings. The van der Waals surface area contributed by atoms with Gasteiger partial charge in [-0.2, -0.15) is 0 Å². The van der Waals surface area contributed by atoms with Crippen molar-refractivity contribution in [2.75, 3.05) is 38.7 Å². The second-order valence-corrected chi connectivity index (χ2v) is 8.47. The lowest BCUT2D eigenvalue weighted by Gasteiger charge is -2.22. The predicted molar refractivity (Wildman–Crippen MR) is 129 cm³/mol. The number of carbonyl (C=O) groups excluding carboxylic acids is 1. The zero-order valence-corrected chi connectivity index (χ0v) is 19.9. The largest absolute Gasteiger partial charge is 0.492 e. The molecule has 3 rings (SSSR count). The van der Waals surface area contributed by atoms with E-state index in [0.717, 1.165) is 50.8 Å². The van der Waals surface area contributed by atoms with Gasteiger partial charge in [0.05, 0.1) is 11.3 Å². The molecule has 0 aliphatic carbocycles. The van der Waals surface area contributed by atoms with Crippen molar-refractivity contribution in [2.45, 2.75) is 27.2 Å². The van der Waals surface area contributed by atoms with Gasteiger partial charge in [-0.25, -0.2) is 4.98 Å². The van der Waals surface area contributed by atoms with Crippen LogP contribution in [0.1, 0.15) is 34.8 Å². The predicted octanol–water partition coefficient (Wildman–Crippen LogP) is 5.33. The molecule has 0 atom stereocenters. The summed E-state index contributed by atoms with van der Waals surface area (Å²) in [5.74, 6) is 0.766. The molecule has 0 N–H and O–H groups in total. The van der Waals surface area contributed by atoms with Crippen LogP contribution in [0, 0.1) is 13.8 Å². The first kappa shape index (κ1) is 24.1. The van der Waals surface area contributed by atoms with Crippen LogP contribution >= 0.6 is 23.7 Å². The van der Waals surface area contributed by atoms with Crippen molar-refractivity contribution in [1.29, 1.82) is 0 Å². The van der Waals surface area contributed by atoms with Crippen LogP contribution in [0.15, 0.2) is 36.4 Å². The summed E-state index contributed by atoms with van der Waals surface area (Å²) in [5.41, 5.74) is 3.62. The van der Waals surface area contributed by atoms with E-state index < -0.39 is 0 Å². The number of aryl methyl sites for hydroxylation is 2. The summed E-state index contributed by atoms with van der Waals surface area (Å²) < 4.78 is 6.76. The number of nitrogens with zero attached hydrogens (tertiary/aromatic N) is 3. The maximum Gasteiger partial charge on any atom is 0.260 e. The summed E-state index contributed by atoms with van der Waals surface area (Å²) >= 11 is 1.54. The number of aromatic nitrogens is 1. The molecular formula is C23H30ClN3O2S. The summed E-state index contributed by atoms with van der Waals surface area (Å²) in [6.07, 6.45) is 0.873. The molecule has 0 radical (unpaired) electrons. The van der Waals surface area contributed by atoms with E-state index in [-0.39, 0.29) is 18.3 Å². The van der Waals surface area contributed by atoms with E-state index >= 15 is 0 Å². The number of carbonyl (C=O) groups is 1. The lowest BCUT2D eigenvalue weighted by Crippen LogP contribution is -2.34. The van der Waals surface area contributed by atoms with Gasteiger partial charge in [-0.1, -0.05) is 35.1 Å². The third-order valence-corrected chi connectivity index (χ3v) is 5.80. The Morgan fingerprint density at radius 1 is 1.13 bits per heavy atom. The number of hydrogen-bond donors (Lipinski definition) is 0. The molecule has 0 bridgehead atoms. The topological polar surface area (TPSA) is 45.7 Å². The Labute approximate surface area is 189 Å². The van der Waals surface area contributed by atoms with E-state index in [1.54, 1.807) is 0 Å². The van der Waals surface area contributed by atoms with Gasteiger partial charge in [0.15, 0.2) is 5.13 Å². The van der Waals surface area contributed by atoms with Gasteiger partial charge >= 0.3 is 0 Å². The highest BCUT2D eigenvalue weighted by molar-refractivity contribution is 7.22. The molecule has 0 fully saturated rings. The molecule has 1 amide bonds. The summed E-state index contributed by atoms with van der Waals surface area (Å²) in [5, 5.41) is 0.719. The van der Waals surface area contributed by atoms with Crippen LogP contribution in [-0.2, 0) is 0 Å². The van der Waals surface area contributed by atoms with Crippen molar-refractivity contribution in [3.8, 4) is 5.75 Å². The number of para-hydroxylation sites is 1. The molecule has 0 spiro atoms. The zero-order chi connectivity index (χ0) is 21.0. The molecule has 1 aromatic heterocycles. The van der Waals surface area contributed by atoms with Crippen LogP contribution in [0.3, 0.4) is 0 Å². The van der Waals surface area contributed by atoms with Crippen LogP contribution in [-0.4, -0.2) is 49.6 Å². The second kappa shape index (κ2) is 10.8. The molecule has 0 saturated carbocycles. The van der Waals surface area contributed by atoms with E-state index in [4.69, 9.17) is 9.72 Å². The van der Waals surface area contributed by atoms with E-state index in [2.05, 4.69) is 4.90 Å². The van der Waals surface area contributed by atoms with Crippen molar-refractivity contribution < 1.29 is 9.53 Å². The number of anilines is 1. The smallest absolute Gasteiger partial charge is 0.260 e. The minimum absolute atomic E-state index is 0. The fraction of sp³-hybridized carbons (Fsp3) is 0.391. The number of ether oxygens (including phenoxy) is 1. The fourth-order valence-electron chi connectivity index (χ4n) is 3.24. The molecule has 30 heavy (non-hydrogen) atoms. The van der Waals surface area contributed by atoms with Gasteiger partial charge in [0.1, 0.15) is 11.3 Å². The highest BCUT2D eigenvalue weighted by atomic mass is 35.5.